The Hall–Kier alpha value is -0.660. The van der Waals surface area contributed by atoms with E-state index in [0.29, 0.717) is 32.1 Å². The minimum Gasteiger partial charge on any atom is -0.340 e. The Labute approximate surface area is 127 Å². The van der Waals surface area contributed by atoms with Crippen molar-refractivity contribution < 1.29 is 13.2 Å². The predicted molar refractivity (Wildman–Crippen MR) is 81.6 cm³/mol. The van der Waals surface area contributed by atoms with Crippen molar-refractivity contribution in [1.29, 1.82) is 0 Å². The van der Waals surface area contributed by atoms with Gasteiger partial charge in [-0.1, -0.05) is 26.7 Å². The number of hydrogen-bond acceptors (Lipinski definition) is 3. The van der Waals surface area contributed by atoms with Crippen LogP contribution < -0.4 is 5.14 Å². The Morgan fingerprint density at radius 1 is 1.14 bits per heavy atom. The van der Waals surface area contributed by atoms with Gasteiger partial charge in [0.25, 0.3) is 10.2 Å². The van der Waals surface area contributed by atoms with E-state index in [1.807, 2.05) is 4.90 Å². The SMILES string of the molecule is CC(C)CC1(C(=O)N2CCN(S(N)(=O)=O)CC2)CCCC1. The Bertz CT molecular complexity index is 476. The number of carbonyl (C=O) groups is 1. The number of rotatable bonds is 4. The number of carbonyl (C=O) groups excluding carboxylic acids is 1. The fourth-order valence-electron chi connectivity index (χ4n) is 3.82. The fraction of sp³-hybridized carbons (Fsp3) is 0.929. The molecule has 1 saturated carbocycles. The molecule has 0 aromatic rings. The summed E-state index contributed by atoms with van der Waals surface area (Å²) >= 11 is 0. The van der Waals surface area contributed by atoms with Crippen molar-refractivity contribution in [2.45, 2.75) is 46.0 Å². The van der Waals surface area contributed by atoms with Gasteiger partial charge in [-0.3, -0.25) is 4.79 Å². The minimum atomic E-state index is -3.63. The lowest BCUT2D eigenvalue weighted by Gasteiger charge is -2.39. The molecule has 6 nitrogen and oxygen atoms in total. The summed E-state index contributed by atoms with van der Waals surface area (Å²) < 4.78 is 23.9. The van der Waals surface area contributed by atoms with Crippen LogP contribution in [-0.4, -0.2) is 49.7 Å². The highest BCUT2D eigenvalue weighted by atomic mass is 32.2. The maximum Gasteiger partial charge on any atom is 0.277 e. The molecule has 122 valence electrons. The van der Waals surface area contributed by atoms with Crippen LogP contribution in [0, 0.1) is 11.3 Å². The number of amides is 1. The summed E-state index contributed by atoms with van der Waals surface area (Å²) in [5.41, 5.74) is -0.210. The molecule has 1 aliphatic carbocycles. The molecular formula is C14H27N3O3S. The van der Waals surface area contributed by atoms with Crippen molar-refractivity contribution in [3.8, 4) is 0 Å². The number of piperazine rings is 1. The van der Waals surface area contributed by atoms with E-state index in [0.717, 1.165) is 32.1 Å². The van der Waals surface area contributed by atoms with Crippen LogP contribution >= 0.6 is 0 Å². The highest BCUT2D eigenvalue weighted by Gasteiger charge is 2.44. The van der Waals surface area contributed by atoms with Crippen molar-refractivity contribution in [3.05, 3.63) is 0 Å². The number of nitrogens with two attached hydrogens (primary N) is 1. The van der Waals surface area contributed by atoms with Crippen LogP contribution in [0.15, 0.2) is 0 Å². The van der Waals surface area contributed by atoms with E-state index in [2.05, 4.69) is 13.8 Å². The molecule has 1 heterocycles. The van der Waals surface area contributed by atoms with Crippen molar-refractivity contribution in [3.63, 3.8) is 0 Å². The topological polar surface area (TPSA) is 83.7 Å². The van der Waals surface area contributed by atoms with Crippen molar-refractivity contribution in [1.82, 2.24) is 9.21 Å². The molecule has 0 aromatic heterocycles. The average molecular weight is 317 g/mol. The molecule has 0 unspecified atom stereocenters. The highest BCUT2D eigenvalue weighted by Crippen LogP contribution is 2.44. The van der Waals surface area contributed by atoms with Gasteiger partial charge >= 0.3 is 0 Å². The summed E-state index contributed by atoms with van der Waals surface area (Å²) in [5.74, 6) is 0.723. The van der Waals surface area contributed by atoms with Crippen molar-refractivity contribution in [2.75, 3.05) is 26.2 Å². The number of hydrogen-bond donors (Lipinski definition) is 1. The van der Waals surface area contributed by atoms with Crippen LogP contribution in [-0.2, 0) is 15.0 Å². The molecule has 0 spiro atoms. The van der Waals surface area contributed by atoms with Gasteiger partial charge in [-0.05, 0) is 25.2 Å². The highest BCUT2D eigenvalue weighted by molar-refractivity contribution is 7.86. The van der Waals surface area contributed by atoms with E-state index in [1.54, 1.807) is 0 Å². The van der Waals surface area contributed by atoms with Crippen LogP contribution in [0.3, 0.4) is 0 Å². The van der Waals surface area contributed by atoms with E-state index in [-0.39, 0.29) is 11.3 Å². The lowest BCUT2D eigenvalue weighted by molar-refractivity contribution is -0.144. The Morgan fingerprint density at radius 2 is 1.67 bits per heavy atom. The largest absolute Gasteiger partial charge is 0.340 e. The molecule has 0 bridgehead atoms. The third-order valence-electron chi connectivity index (χ3n) is 4.70. The fourth-order valence-corrected chi connectivity index (χ4v) is 4.49. The van der Waals surface area contributed by atoms with Gasteiger partial charge in [0.05, 0.1) is 0 Å². The maximum absolute atomic E-state index is 12.9. The van der Waals surface area contributed by atoms with Gasteiger partial charge in [0.2, 0.25) is 5.91 Å². The predicted octanol–water partition coefficient (Wildman–Crippen LogP) is 0.941. The molecule has 21 heavy (non-hydrogen) atoms. The van der Waals surface area contributed by atoms with Gasteiger partial charge in [0, 0.05) is 31.6 Å². The van der Waals surface area contributed by atoms with Gasteiger partial charge in [-0.2, -0.15) is 12.7 Å². The average Bonchev–Trinajstić information content (AvgIpc) is 2.86. The normalized spacial score (nSPS) is 23.7. The lowest BCUT2D eigenvalue weighted by atomic mass is 9.77. The third kappa shape index (κ3) is 3.76. The summed E-state index contributed by atoms with van der Waals surface area (Å²) in [6.07, 6.45) is 5.12. The standard InChI is InChI=1S/C14H27N3O3S/c1-12(2)11-14(5-3-4-6-14)13(18)16-7-9-17(10-8-16)21(15,19)20/h12H,3-11H2,1-2H3,(H2,15,19,20). The first-order valence-electron chi connectivity index (χ1n) is 7.82. The van der Waals surface area contributed by atoms with Crippen molar-refractivity contribution in [2.24, 2.45) is 16.5 Å². The second-order valence-corrected chi connectivity index (χ2v) is 8.37. The number of nitrogens with zero attached hydrogens (tertiary/aromatic N) is 2. The minimum absolute atomic E-state index is 0.210. The summed E-state index contributed by atoms with van der Waals surface area (Å²) in [6, 6.07) is 0. The first-order valence-corrected chi connectivity index (χ1v) is 9.32. The smallest absolute Gasteiger partial charge is 0.277 e. The molecule has 1 aliphatic heterocycles. The van der Waals surface area contributed by atoms with Gasteiger partial charge in [0.15, 0.2) is 0 Å². The summed E-state index contributed by atoms with van der Waals surface area (Å²) in [6.45, 7) is 5.84. The molecule has 2 fully saturated rings. The van der Waals surface area contributed by atoms with Crippen molar-refractivity contribution >= 4 is 16.1 Å². The summed E-state index contributed by atoms with van der Waals surface area (Å²) in [5, 5.41) is 5.14. The van der Waals surface area contributed by atoms with Crippen LogP contribution in [0.2, 0.25) is 0 Å². The summed E-state index contributed by atoms with van der Waals surface area (Å²) in [7, 11) is -3.63. The Balaban J connectivity index is 2.03. The lowest BCUT2D eigenvalue weighted by Crippen LogP contribution is -2.55. The Morgan fingerprint density at radius 3 is 2.10 bits per heavy atom. The Kier molecular flexibility index (Phi) is 4.95. The van der Waals surface area contributed by atoms with Gasteiger partial charge in [-0.25, -0.2) is 5.14 Å². The van der Waals surface area contributed by atoms with E-state index in [1.165, 1.54) is 4.31 Å². The monoisotopic (exact) mass is 317 g/mol. The molecule has 1 amide bonds. The first kappa shape index (κ1) is 16.7. The van der Waals surface area contributed by atoms with Gasteiger partial charge in [-0.15, -0.1) is 0 Å². The van der Waals surface area contributed by atoms with Crippen LogP contribution in [0.4, 0.5) is 0 Å². The van der Waals surface area contributed by atoms with E-state index in [9.17, 15) is 13.2 Å². The molecule has 2 rings (SSSR count). The molecule has 0 atom stereocenters. The molecule has 7 heteroatoms. The maximum atomic E-state index is 12.9. The van der Waals surface area contributed by atoms with Gasteiger partial charge < -0.3 is 4.90 Å². The molecule has 2 aliphatic rings. The second-order valence-electron chi connectivity index (χ2n) is 6.82. The summed E-state index contributed by atoms with van der Waals surface area (Å²) in [4.78, 5) is 14.8. The molecule has 0 radical (unpaired) electrons. The van der Waals surface area contributed by atoms with E-state index < -0.39 is 10.2 Å². The third-order valence-corrected chi connectivity index (χ3v) is 5.78. The molecule has 1 saturated heterocycles. The van der Waals surface area contributed by atoms with Gasteiger partial charge in [0.1, 0.15) is 0 Å². The quantitative estimate of drug-likeness (QED) is 0.837. The second kappa shape index (κ2) is 6.22. The molecule has 0 aromatic carbocycles. The zero-order chi connectivity index (χ0) is 15.7. The van der Waals surface area contributed by atoms with E-state index >= 15 is 0 Å². The van der Waals surface area contributed by atoms with Crippen LogP contribution in [0.25, 0.3) is 0 Å². The zero-order valence-corrected chi connectivity index (χ0v) is 13.9. The van der Waals surface area contributed by atoms with Crippen LogP contribution in [0.1, 0.15) is 46.0 Å². The first-order chi connectivity index (χ1) is 9.74. The zero-order valence-electron chi connectivity index (χ0n) is 13.0. The van der Waals surface area contributed by atoms with E-state index in [4.69, 9.17) is 5.14 Å². The molecule has 2 N–H and O–H groups in total. The van der Waals surface area contributed by atoms with Crippen LogP contribution in [0.5, 0.6) is 0 Å². The molecular weight excluding hydrogens is 290 g/mol.